The van der Waals surface area contributed by atoms with Gasteiger partial charge in [0.1, 0.15) is 11.5 Å². The van der Waals surface area contributed by atoms with Crippen molar-refractivity contribution in [1.29, 1.82) is 0 Å². The predicted octanol–water partition coefficient (Wildman–Crippen LogP) is 3.56. The van der Waals surface area contributed by atoms with E-state index >= 15 is 0 Å². The molecule has 0 fully saturated rings. The van der Waals surface area contributed by atoms with Gasteiger partial charge in [0.05, 0.1) is 0 Å². The van der Waals surface area contributed by atoms with E-state index in [1.807, 2.05) is 0 Å². The molecule has 20 heavy (non-hydrogen) atoms. The molecular formula is C17H18O3. The first kappa shape index (κ1) is 14.1. The van der Waals surface area contributed by atoms with Crippen molar-refractivity contribution in [2.45, 2.75) is 27.7 Å². The molecular weight excluding hydrogens is 252 g/mol. The summed E-state index contributed by atoms with van der Waals surface area (Å²) < 4.78 is 0. The number of aromatic hydroxyl groups is 2. The van der Waals surface area contributed by atoms with Crippen molar-refractivity contribution in [2.24, 2.45) is 0 Å². The number of benzene rings is 2. The lowest BCUT2D eigenvalue weighted by molar-refractivity contribution is 0.103. The van der Waals surface area contributed by atoms with Gasteiger partial charge in [-0.25, -0.2) is 0 Å². The summed E-state index contributed by atoms with van der Waals surface area (Å²) in [5, 5.41) is 19.5. The second-order valence-electron chi connectivity index (χ2n) is 5.25. The highest BCUT2D eigenvalue weighted by Gasteiger charge is 2.14. The Kier molecular flexibility index (Phi) is 3.53. The second-order valence-corrected chi connectivity index (χ2v) is 5.25. The molecule has 0 unspecified atom stereocenters. The van der Waals surface area contributed by atoms with Crippen LogP contribution in [0.2, 0.25) is 0 Å². The monoisotopic (exact) mass is 270 g/mol. The van der Waals surface area contributed by atoms with Gasteiger partial charge in [0.25, 0.3) is 0 Å². The Morgan fingerprint density at radius 3 is 1.20 bits per heavy atom. The predicted molar refractivity (Wildman–Crippen MR) is 78.6 cm³/mol. The summed E-state index contributed by atoms with van der Waals surface area (Å²) in [5.74, 6) is 0.335. The van der Waals surface area contributed by atoms with Gasteiger partial charge >= 0.3 is 0 Å². The first-order valence-electron chi connectivity index (χ1n) is 6.46. The molecule has 0 aliphatic rings. The van der Waals surface area contributed by atoms with Crippen molar-refractivity contribution in [3.05, 3.63) is 57.6 Å². The van der Waals surface area contributed by atoms with E-state index in [2.05, 4.69) is 0 Å². The van der Waals surface area contributed by atoms with Crippen LogP contribution >= 0.6 is 0 Å². The number of aryl methyl sites for hydroxylation is 4. The summed E-state index contributed by atoms with van der Waals surface area (Å²) in [6.45, 7) is 7.08. The van der Waals surface area contributed by atoms with Gasteiger partial charge in [0.2, 0.25) is 0 Å². The van der Waals surface area contributed by atoms with E-state index in [9.17, 15) is 15.0 Å². The van der Waals surface area contributed by atoms with Crippen LogP contribution < -0.4 is 0 Å². The van der Waals surface area contributed by atoms with Crippen LogP contribution in [-0.2, 0) is 0 Å². The molecule has 3 nitrogen and oxygen atoms in total. The van der Waals surface area contributed by atoms with Crippen LogP contribution in [0.1, 0.15) is 38.2 Å². The number of carbonyl (C=O) groups is 1. The molecule has 2 N–H and O–H groups in total. The van der Waals surface area contributed by atoms with Crippen LogP contribution in [0.4, 0.5) is 0 Å². The van der Waals surface area contributed by atoms with Crippen molar-refractivity contribution >= 4 is 5.78 Å². The number of hydrogen-bond acceptors (Lipinski definition) is 3. The maximum absolute atomic E-state index is 12.5. The minimum absolute atomic E-state index is 0.109. The van der Waals surface area contributed by atoms with E-state index in [1.54, 1.807) is 52.0 Å². The Hall–Kier alpha value is -2.29. The van der Waals surface area contributed by atoms with Gasteiger partial charge in [-0.2, -0.15) is 0 Å². The highest BCUT2D eigenvalue weighted by atomic mass is 16.3. The Bertz CT molecular complexity index is 594. The highest BCUT2D eigenvalue weighted by Crippen LogP contribution is 2.27. The smallest absolute Gasteiger partial charge is 0.193 e. The molecule has 0 saturated heterocycles. The summed E-state index contributed by atoms with van der Waals surface area (Å²) >= 11 is 0. The van der Waals surface area contributed by atoms with E-state index in [0.717, 1.165) is 0 Å². The number of hydrogen-bond donors (Lipinski definition) is 2. The fourth-order valence-electron chi connectivity index (χ4n) is 2.34. The molecule has 0 saturated carbocycles. The Balaban J connectivity index is 2.52. The third kappa shape index (κ3) is 2.39. The largest absolute Gasteiger partial charge is 0.507 e. The van der Waals surface area contributed by atoms with E-state index in [-0.39, 0.29) is 17.3 Å². The normalized spacial score (nSPS) is 10.6. The third-order valence-corrected chi connectivity index (χ3v) is 3.51. The summed E-state index contributed by atoms with van der Waals surface area (Å²) in [5.41, 5.74) is 3.81. The Morgan fingerprint density at radius 1 is 0.700 bits per heavy atom. The van der Waals surface area contributed by atoms with Crippen molar-refractivity contribution < 1.29 is 15.0 Å². The van der Waals surface area contributed by atoms with Crippen molar-refractivity contribution in [3.8, 4) is 11.5 Å². The van der Waals surface area contributed by atoms with Gasteiger partial charge in [-0.15, -0.1) is 0 Å². The molecule has 2 aromatic rings. The van der Waals surface area contributed by atoms with Gasteiger partial charge in [-0.05, 0) is 74.2 Å². The summed E-state index contributed by atoms with van der Waals surface area (Å²) in [7, 11) is 0. The molecule has 0 amide bonds. The van der Waals surface area contributed by atoms with Gasteiger partial charge in [0.15, 0.2) is 5.78 Å². The summed E-state index contributed by atoms with van der Waals surface area (Å²) in [6, 6.07) is 6.73. The molecule has 104 valence electrons. The molecule has 0 aliphatic carbocycles. The number of carbonyl (C=O) groups excluding carboxylic acids is 1. The van der Waals surface area contributed by atoms with Crippen LogP contribution in [-0.4, -0.2) is 16.0 Å². The molecule has 0 spiro atoms. The standard InChI is InChI=1S/C17H18O3/c1-9-5-13(6-10(2)15(9)18)17(20)14-7-11(3)16(19)12(4)8-14/h5-8,18-19H,1-4H3. The molecule has 0 radical (unpaired) electrons. The van der Waals surface area contributed by atoms with Crippen LogP contribution in [0.15, 0.2) is 24.3 Å². The number of rotatable bonds is 2. The molecule has 0 aliphatic heterocycles. The minimum Gasteiger partial charge on any atom is -0.507 e. The van der Waals surface area contributed by atoms with Crippen LogP contribution in [0.3, 0.4) is 0 Å². The molecule has 0 heterocycles. The first-order valence-corrected chi connectivity index (χ1v) is 6.46. The Morgan fingerprint density at radius 2 is 0.950 bits per heavy atom. The average molecular weight is 270 g/mol. The van der Waals surface area contributed by atoms with E-state index in [1.165, 1.54) is 0 Å². The van der Waals surface area contributed by atoms with Gasteiger partial charge in [-0.1, -0.05) is 0 Å². The highest BCUT2D eigenvalue weighted by molar-refractivity contribution is 6.09. The van der Waals surface area contributed by atoms with Crippen molar-refractivity contribution in [2.75, 3.05) is 0 Å². The Labute approximate surface area is 118 Å². The summed E-state index contributed by atoms with van der Waals surface area (Å²) in [6.07, 6.45) is 0. The second kappa shape index (κ2) is 5.00. The molecule has 0 aromatic heterocycles. The molecule has 0 bridgehead atoms. The molecule has 3 heteroatoms. The lowest BCUT2D eigenvalue weighted by Gasteiger charge is -2.10. The van der Waals surface area contributed by atoms with Gasteiger partial charge in [0, 0.05) is 11.1 Å². The SMILES string of the molecule is Cc1cc(C(=O)c2cc(C)c(O)c(C)c2)cc(C)c1O. The van der Waals surface area contributed by atoms with Crippen LogP contribution in [0, 0.1) is 27.7 Å². The van der Waals surface area contributed by atoms with Crippen LogP contribution in [0.5, 0.6) is 11.5 Å². The first-order chi connectivity index (χ1) is 9.31. The average Bonchev–Trinajstić information content (AvgIpc) is 2.40. The fraction of sp³-hybridized carbons (Fsp3) is 0.235. The number of ketones is 1. The van der Waals surface area contributed by atoms with E-state index in [4.69, 9.17) is 0 Å². The zero-order valence-electron chi connectivity index (χ0n) is 12.1. The molecule has 0 atom stereocenters. The van der Waals surface area contributed by atoms with Crippen molar-refractivity contribution in [3.63, 3.8) is 0 Å². The fourth-order valence-corrected chi connectivity index (χ4v) is 2.34. The third-order valence-electron chi connectivity index (χ3n) is 3.51. The van der Waals surface area contributed by atoms with Gasteiger partial charge < -0.3 is 10.2 Å². The number of phenols is 2. The van der Waals surface area contributed by atoms with Crippen LogP contribution in [0.25, 0.3) is 0 Å². The number of phenolic OH excluding ortho intramolecular Hbond substituents is 2. The molecule has 2 aromatic carbocycles. The lowest BCUT2D eigenvalue weighted by atomic mass is 9.96. The maximum atomic E-state index is 12.5. The maximum Gasteiger partial charge on any atom is 0.193 e. The zero-order valence-corrected chi connectivity index (χ0v) is 12.1. The van der Waals surface area contributed by atoms with Gasteiger partial charge in [-0.3, -0.25) is 4.79 Å². The minimum atomic E-state index is -0.109. The molecule has 2 rings (SSSR count). The summed E-state index contributed by atoms with van der Waals surface area (Å²) in [4.78, 5) is 12.5. The topological polar surface area (TPSA) is 57.5 Å². The van der Waals surface area contributed by atoms with Crippen molar-refractivity contribution in [1.82, 2.24) is 0 Å². The van der Waals surface area contributed by atoms with E-state index in [0.29, 0.717) is 33.4 Å². The quantitative estimate of drug-likeness (QED) is 0.820. The zero-order chi connectivity index (χ0) is 15.0. The van der Waals surface area contributed by atoms with E-state index < -0.39 is 0 Å². The lowest BCUT2D eigenvalue weighted by Crippen LogP contribution is -2.03.